The van der Waals surface area contributed by atoms with Gasteiger partial charge in [-0.05, 0) is 6.42 Å². The molecule has 0 aliphatic heterocycles. The third-order valence-corrected chi connectivity index (χ3v) is 1.21. The number of hydrazine groups is 1. The van der Waals surface area contributed by atoms with E-state index in [4.69, 9.17) is 0 Å². The fourth-order valence-corrected chi connectivity index (χ4v) is 0.765. The van der Waals surface area contributed by atoms with E-state index in [0.717, 1.165) is 5.01 Å². The molecule has 0 saturated heterocycles. The van der Waals surface area contributed by atoms with Crippen LogP contribution < -0.4 is 0 Å². The summed E-state index contributed by atoms with van der Waals surface area (Å²) in [7, 11) is 2.76. The summed E-state index contributed by atoms with van der Waals surface area (Å²) in [6, 6.07) is 0. The van der Waals surface area contributed by atoms with Gasteiger partial charge in [0.15, 0.2) is 0 Å². The Morgan fingerprint density at radius 2 is 1.58 bits per heavy atom. The fraction of sp³-hybridized carbons (Fsp3) is 1.00. The number of nitrogens with zero attached hydrogens (tertiary/aromatic N) is 2. The van der Waals surface area contributed by atoms with Gasteiger partial charge in [0, 0.05) is 20.6 Å². The molecular formula is C6H14ClF3N2. The van der Waals surface area contributed by atoms with Crippen LogP contribution in [0.5, 0.6) is 0 Å². The average molecular weight is 207 g/mol. The first-order valence-electron chi connectivity index (χ1n) is 3.41. The summed E-state index contributed by atoms with van der Waals surface area (Å²) < 4.78 is 36.1. The topological polar surface area (TPSA) is 6.48 Å². The van der Waals surface area contributed by atoms with Gasteiger partial charge in [-0.3, -0.25) is 0 Å². The van der Waals surface area contributed by atoms with E-state index in [-0.39, 0.29) is 19.0 Å². The minimum atomic E-state index is -4.25. The van der Waals surface area contributed by atoms with Crippen molar-refractivity contribution in [2.75, 3.05) is 20.6 Å². The number of halogens is 4. The Hall–Kier alpha value is -0.0000000000000000555. The Kier molecular flexibility index (Phi) is 6.79. The van der Waals surface area contributed by atoms with Crippen LogP contribution in [0.15, 0.2) is 0 Å². The smallest absolute Gasteiger partial charge is 0.241 e. The number of hydrogen-bond acceptors (Lipinski definition) is 2. The van der Waals surface area contributed by atoms with Gasteiger partial charge in [0.25, 0.3) is 0 Å². The Morgan fingerprint density at radius 1 is 1.17 bits per heavy atom. The van der Waals surface area contributed by atoms with Crippen molar-refractivity contribution in [2.24, 2.45) is 0 Å². The highest BCUT2D eigenvalue weighted by atomic mass is 35.5. The molecule has 0 amide bonds. The predicted molar refractivity (Wildman–Crippen MR) is 44.0 cm³/mol. The van der Waals surface area contributed by atoms with E-state index in [1.165, 1.54) is 14.1 Å². The van der Waals surface area contributed by atoms with Gasteiger partial charge in [-0.2, -0.15) is 13.2 Å². The average Bonchev–Trinajstić information content (AvgIpc) is 1.79. The zero-order chi connectivity index (χ0) is 9.07. The summed E-state index contributed by atoms with van der Waals surface area (Å²) >= 11 is 0. The Bertz CT molecular complexity index is 116. The molecule has 0 aromatic rings. The molecule has 12 heavy (non-hydrogen) atoms. The molecule has 0 unspecified atom stereocenters. The molecule has 0 N–H and O–H groups in total. The van der Waals surface area contributed by atoms with Crippen molar-refractivity contribution in [1.29, 1.82) is 0 Å². The Labute approximate surface area is 76.7 Å². The SMILES string of the molecule is CCCN(N(C)C)C(F)(F)F.Cl. The number of hydrogen-bond donors (Lipinski definition) is 0. The zero-order valence-corrected chi connectivity index (χ0v) is 8.17. The van der Waals surface area contributed by atoms with Crippen molar-refractivity contribution in [2.45, 2.75) is 19.6 Å². The molecular weight excluding hydrogens is 193 g/mol. The van der Waals surface area contributed by atoms with Gasteiger partial charge in [0.1, 0.15) is 0 Å². The molecule has 0 radical (unpaired) electrons. The molecule has 6 heteroatoms. The van der Waals surface area contributed by atoms with Crippen molar-refractivity contribution in [3.63, 3.8) is 0 Å². The summed E-state index contributed by atoms with van der Waals surface area (Å²) in [5, 5.41) is 1.41. The van der Waals surface area contributed by atoms with Gasteiger partial charge < -0.3 is 0 Å². The van der Waals surface area contributed by atoms with E-state index in [1.807, 2.05) is 0 Å². The second kappa shape index (κ2) is 5.61. The van der Waals surface area contributed by atoms with Crippen molar-refractivity contribution < 1.29 is 13.2 Å². The monoisotopic (exact) mass is 206 g/mol. The van der Waals surface area contributed by atoms with E-state index in [2.05, 4.69) is 0 Å². The summed E-state index contributed by atoms with van der Waals surface area (Å²) in [6.45, 7) is 1.72. The molecule has 0 aliphatic rings. The van der Waals surface area contributed by atoms with Crippen LogP contribution in [0.3, 0.4) is 0 Å². The van der Waals surface area contributed by atoms with Gasteiger partial charge >= 0.3 is 6.30 Å². The summed E-state index contributed by atoms with van der Waals surface area (Å²) in [5.41, 5.74) is 0. The lowest BCUT2D eigenvalue weighted by Gasteiger charge is -2.29. The standard InChI is InChI=1S/C6H13F3N2.ClH/c1-4-5-11(10(2)3)6(7,8)9;/h4-5H2,1-3H3;1H. The van der Waals surface area contributed by atoms with Gasteiger partial charge in [0.2, 0.25) is 0 Å². The van der Waals surface area contributed by atoms with Crippen molar-refractivity contribution in [3.8, 4) is 0 Å². The van der Waals surface area contributed by atoms with Crippen LogP contribution in [0.1, 0.15) is 13.3 Å². The third-order valence-electron chi connectivity index (χ3n) is 1.21. The number of alkyl halides is 3. The van der Waals surface area contributed by atoms with E-state index in [1.54, 1.807) is 6.92 Å². The van der Waals surface area contributed by atoms with Crippen LogP contribution in [0, 0.1) is 0 Å². The van der Waals surface area contributed by atoms with E-state index in [9.17, 15) is 13.2 Å². The minimum Gasteiger partial charge on any atom is -0.241 e. The normalized spacial score (nSPS) is 12.0. The molecule has 0 bridgehead atoms. The van der Waals surface area contributed by atoms with Crippen LogP contribution in [0.4, 0.5) is 13.2 Å². The molecule has 76 valence electrons. The maximum atomic E-state index is 12.0. The van der Waals surface area contributed by atoms with Gasteiger partial charge in [-0.25, -0.2) is 5.01 Å². The molecule has 0 fully saturated rings. The highest BCUT2D eigenvalue weighted by Crippen LogP contribution is 2.21. The Morgan fingerprint density at radius 3 is 1.67 bits per heavy atom. The van der Waals surface area contributed by atoms with E-state index in [0.29, 0.717) is 11.4 Å². The van der Waals surface area contributed by atoms with Gasteiger partial charge in [-0.1, -0.05) is 6.92 Å². The zero-order valence-electron chi connectivity index (χ0n) is 7.35. The number of rotatable bonds is 3. The maximum Gasteiger partial charge on any atom is 0.473 e. The van der Waals surface area contributed by atoms with Gasteiger partial charge in [0.05, 0.1) is 0 Å². The predicted octanol–water partition coefficient (Wildman–Crippen LogP) is 2.12. The van der Waals surface area contributed by atoms with Crippen LogP contribution in [0.25, 0.3) is 0 Å². The second-order valence-electron chi connectivity index (χ2n) is 2.44. The van der Waals surface area contributed by atoms with E-state index < -0.39 is 6.30 Å². The summed E-state index contributed by atoms with van der Waals surface area (Å²) in [4.78, 5) is 0. The van der Waals surface area contributed by atoms with E-state index >= 15 is 0 Å². The Balaban J connectivity index is 0. The molecule has 2 nitrogen and oxygen atoms in total. The summed E-state index contributed by atoms with van der Waals surface area (Å²) in [5.74, 6) is 0. The molecule has 0 rings (SSSR count). The maximum absolute atomic E-state index is 12.0. The van der Waals surface area contributed by atoms with Crippen LogP contribution in [-0.4, -0.2) is 37.0 Å². The quantitative estimate of drug-likeness (QED) is 0.516. The first-order valence-corrected chi connectivity index (χ1v) is 3.41. The largest absolute Gasteiger partial charge is 0.473 e. The molecule has 0 aromatic carbocycles. The molecule has 0 spiro atoms. The first-order chi connectivity index (χ1) is 4.89. The highest BCUT2D eigenvalue weighted by Gasteiger charge is 2.37. The molecule has 0 saturated carbocycles. The molecule has 0 atom stereocenters. The van der Waals surface area contributed by atoms with Crippen molar-refractivity contribution in [1.82, 2.24) is 10.0 Å². The van der Waals surface area contributed by atoms with Gasteiger partial charge in [-0.15, -0.1) is 17.4 Å². The van der Waals surface area contributed by atoms with Crippen molar-refractivity contribution >= 4 is 12.4 Å². The highest BCUT2D eigenvalue weighted by molar-refractivity contribution is 5.85. The molecule has 0 heterocycles. The molecule has 0 aromatic heterocycles. The second-order valence-corrected chi connectivity index (χ2v) is 2.44. The lowest BCUT2D eigenvalue weighted by molar-refractivity contribution is -0.303. The fourth-order valence-electron chi connectivity index (χ4n) is 0.765. The minimum absolute atomic E-state index is 0. The lowest BCUT2D eigenvalue weighted by Crippen LogP contribution is -2.47. The lowest BCUT2D eigenvalue weighted by atomic mass is 10.5. The summed E-state index contributed by atoms with van der Waals surface area (Å²) in [6.07, 6.45) is -3.77. The van der Waals surface area contributed by atoms with Crippen LogP contribution in [-0.2, 0) is 0 Å². The first kappa shape index (κ1) is 14.5. The third kappa shape index (κ3) is 4.79. The van der Waals surface area contributed by atoms with Crippen molar-refractivity contribution in [3.05, 3.63) is 0 Å². The van der Waals surface area contributed by atoms with Crippen LogP contribution >= 0.6 is 12.4 Å². The van der Waals surface area contributed by atoms with Crippen LogP contribution in [0.2, 0.25) is 0 Å². The molecule has 0 aliphatic carbocycles.